The van der Waals surface area contributed by atoms with Crippen LogP contribution in [-0.4, -0.2) is 22.9 Å². The summed E-state index contributed by atoms with van der Waals surface area (Å²) in [6, 6.07) is 7.00. The van der Waals surface area contributed by atoms with Gasteiger partial charge in [-0.15, -0.1) is 0 Å². The van der Waals surface area contributed by atoms with Crippen LogP contribution in [0.25, 0.3) is 0 Å². The van der Waals surface area contributed by atoms with E-state index in [9.17, 15) is 4.79 Å². The molecule has 3 N–H and O–H groups in total. The van der Waals surface area contributed by atoms with Gasteiger partial charge in [-0.1, -0.05) is 17.7 Å². The number of hydrogen-bond donors (Lipinski definition) is 3. The number of aliphatic carboxylic acids is 1. The Kier molecular flexibility index (Phi) is 3.77. The molecule has 0 aliphatic carbocycles. The highest BCUT2D eigenvalue weighted by atomic mass is 16.5. The first-order chi connectivity index (χ1) is 7.49. The molecule has 0 radical (unpaired) electrons. The van der Waals surface area contributed by atoms with E-state index in [4.69, 9.17) is 20.7 Å². The molecule has 1 rings (SSSR count). The van der Waals surface area contributed by atoms with Gasteiger partial charge in [0, 0.05) is 5.56 Å². The minimum atomic E-state index is -1.15. The number of carboxylic acid groups (broad SMARTS) is 1. The first-order valence-corrected chi connectivity index (χ1v) is 4.61. The van der Waals surface area contributed by atoms with Crippen molar-refractivity contribution >= 4 is 17.8 Å². The second kappa shape index (κ2) is 5.06. The van der Waals surface area contributed by atoms with E-state index < -0.39 is 18.3 Å². The molecule has 84 valence electrons. The minimum absolute atomic E-state index is 0.216. The molecule has 0 atom stereocenters. The van der Waals surface area contributed by atoms with E-state index >= 15 is 0 Å². The van der Waals surface area contributed by atoms with E-state index in [2.05, 4.69) is 0 Å². The highest BCUT2D eigenvalue weighted by molar-refractivity contribution is 6.03. The van der Waals surface area contributed by atoms with Crippen molar-refractivity contribution in [3.8, 4) is 0 Å². The van der Waals surface area contributed by atoms with Crippen molar-refractivity contribution in [3.05, 3.63) is 35.4 Å². The first kappa shape index (κ1) is 11.9. The minimum Gasteiger partial charge on any atom is -0.481 e. The van der Waals surface area contributed by atoms with Crippen molar-refractivity contribution in [1.82, 2.24) is 0 Å². The SMILES string of the molecule is Cc1ccc(C(=N)OC(=N)CC(=O)O)cc1. The predicted molar refractivity (Wildman–Crippen MR) is 59.1 cm³/mol. The van der Waals surface area contributed by atoms with Crippen LogP contribution in [0.15, 0.2) is 24.3 Å². The zero-order valence-electron chi connectivity index (χ0n) is 8.78. The fourth-order valence-corrected chi connectivity index (χ4v) is 1.06. The molecule has 0 aliphatic rings. The van der Waals surface area contributed by atoms with Gasteiger partial charge in [-0.05, 0) is 19.1 Å². The monoisotopic (exact) mass is 220 g/mol. The quantitative estimate of drug-likeness (QED) is 0.535. The normalized spacial score (nSPS) is 9.56. The Hall–Kier alpha value is -2.17. The van der Waals surface area contributed by atoms with Gasteiger partial charge in [0.25, 0.3) is 0 Å². The Labute approximate surface area is 92.7 Å². The van der Waals surface area contributed by atoms with Crippen LogP contribution in [-0.2, 0) is 9.53 Å². The maximum absolute atomic E-state index is 10.3. The van der Waals surface area contributed by atoms with E-state index in [0.29, 0.717) is 5.56 Å². The van der Waals surface area contributed by atoms with Crippen LogP contribution in [0.1, 0.15) is 17.5 Å². The van der Waals surface area contributed by atoms with E-state index in [-0.39, 0.29) is 5.90 Å². The van der Waals surface area contributed by atoms with E-state index in [1.165, 1.54) is 0 Å². The lowest BCUT2D eigenvalue weighted by molar-refractivity contribution is -0.135. The zero-order valence-corrected chi connectivity index (χ0v) is 8.78. The first-order valence-electron chi connectivity index (χ1n) is 4.61. The Morgan fingerprint density at radius 3 is 2.38 bits per heavy atom. The summed E-state index contributed by atoms with van der Waals surface area (Å²) in [5.41, 5.74) is 1.57. The molecule has 5 nitrogen and oxygen atoms in total. The van der Waals surface area contributed by atoms with Crippen molar-refractivity contribution in [2.45, 2.75) is 13.3 Å². The van der Waals surface area contributed by atoms with Gasteiger partial charge in [-0.2, -0.15) is 0 Å². The van der Waals surface area contributed by atoms with Gasteiger partial charge in [0.2, 0.25) is 11.8 Å². The van der Waals surface area contributed by atoms with Crippen LogP contribution in [0.3, 0.4) is 0 Å². The lowest BCUT2D eigenvalue weighted by atomic mass is 10.1. The molecule has 0 bridgehead atoms. The third-order valence-corrected chi connectivity index (χ3v) is 1.85. The number of carboxylic acids is 1. The lowest BCUT2D eigenvalue weighted by Crippen LogP contribution is -2.15. The van der Waals surface area contributed by atoms with Crippen LogP contribution < -0.4 is 0 Å². The second-order valence-corrected chi connectivity index (χ2v) is 3.29. The number of aryl methyl sites for hydroxylation is 1. The molecule has 5 heteroatoms. The number of benzene rings is 1. The molecule has 1 aromatic carbocycles. The third-order valence-electron chi connectivity index (χ3n) is 1.85. The predicted octanol–water partition coefficient (Wildman–Crippen LogP) is 1.79. The van der Waals surface area contributed by atoms with Gasteiger partial charge in [0.1, 0.15) is 6.42 Å². The maximum atomic E-state index is 10.3. The van der Waals surface area contributed by atoms with Gasteiger partial charge < -0.3 is 9.84 Å². The molecule has 0 aliphatic heterocycles. The number of hydrogen-bond acceptors (Lipinski definition) is 4. The highest BCUT2D eigenvalue weighted by Crippen LogP contribution is 2.05. The molecule has 0 saturated carbocycles. The van der Waals surface area contributed by atoms with Crippen molar-refractivity contribution in [2.24, 2.45) is 0 Å². The van der Waals surface area contributed by atoms with E-state index in [1.807, 2.05) is 19.1 Å². The van der Waals surface area contributed by atoms with E-state index in [0.717, 1.165) is 5.56 Å². The number of nitrogens with one attached hydrogen (secondary N) is 2. The molecule has 0 heterocycles. The molecule has 0 amide bonds. The summed E-state index contributed by atoms with van der Waals surface area (Å²) < 4.78 is 4.77. The summed E-state index contributed by atoms with van der Waals surface area (Å²) in [4.78, 5) is 10.3. The summed E-state index contributed by atoms with van der Waals surface area (Å²) in [7, 11) is 0. The number of carbonyl (C=O) groups is 1. The average molecular weight is 220 g/mol. The Morgan fingerprint density at radius 1 is 1.31 bits per heavy atom. The van der Waals surface area contributed by atoms with Gasteiger partial charge >= 0.3 is 5.97 Å². The Morgan fingerprint density at radius 2 is 1.88 bits per heavy atom. The summed E-state index contributed by atoms with van der Waals surface area (Å²) in [6.45, 7) is 1.92. The Balaban J connectivity index is 2.62. The van der Waals surface area contributed by atoms with Gasteiger partial charge in [-0.25, -0.2) is 0 Å². The topological polar surface area (TPSA) is 94.2 Å². The molecule has 0 spiro atoms. The largest absolute Gasteiger partial charge is 0.481 e. The van der Waals surface area contributed by atoms with Crippen LogP contribution >= 0.6 is 0 Å². The highest BCUT2D eigenvalue weighted by Gasteiger charge is 2.09. The van der Waals surface area contributed by atoms with Crippen LogP contribution in [0, 0.1) is 17.7 Å². The molecule has 1 aromatic rings. The van der Waals surface area contributed by atoms with Crippen molar-refractivity contribution < 1.29 is 14.6 Å². The van der Waals surface area contributed by atoms with Crippen molar-refractivity contribution in [3.63, 3.8) is 0 Å². The van der Waals surface area contributed by atoms with E-state index in [1.54, 1.807) is 12.1 Å². The van der Waals surface area contributed by atoms with Crippen LogP contribution in [0.5, 0.6) is 0 Å². The fraction of sp³-hybridized carbons (Fsp3) is 0.182. The maximum Gasteiger partial charge on any atom is 0.312 e. The summed E-state index contributed by atoms with van der Waals surface area (Å²) in [6.07, 6.45) is -0.520. The molecule has 0 unspecified atom stereocenters. The smallest absolute Gasteiger partial charge is 0.312 e. The van der Waals surface area contributed by atoms with Crippen molar-refractivity contribution in [1.29, 1.82) is 10.8 Å². The summed E-state index contributed by atoms with van der Waals surface area (Å²) >= 11 is 0. The number of rotatable bonds is 3. The molecule has 0 saturated heterocycles. The Bertz CT molecular complexity index is 423. The van der Waals surface area contributed by atoms with Crippen molar-refractivity contribution in [2.75, 3.05) is 0 Å². The number of ether oxygens (including phenoxy) is 1. The van der Waals surface area contributed by atoms with Gasteiger partial charge in [0.05, 0.1) is 0 Å². The third kappa shape index (κ3) is 3.53. The fourth-order valence-electron chi connectivity index (χ4n) is 1.06. The summed E-state index contributed by atoms with van der Waals surface area (Å²) in [5.74, 6) is -1.81. The molecule has 0 aromatic heterocycles. The average Bonchev–Trinajstić information content (AvgIpc) is 2.16. The zero-order chi connectivity index (χ0) is 12.1. The molecule has 16 heavy (non-hydrogen) atoms. The van der Waals surface area contributed by atoms with Crippen LogP contribution in [0.4, 0.5) is 0 Å². The molecule has 0 fully saturated rings. The second-order valence-electron chi connectivity index (χ2n) is 3.29. The standard InChI is InChI=1S/C11H12N2O3/c1-7-2-4-8(5-3-7)11(13)16-9(12)6-10(14)15/h2-5,12-13H,6H2,1H3,(H,14,15). The molecular formula is C11H12N2O3. The van der Waals surface area contributed by atoms with Gasteiger partial charge in [-0.3, -0.25) is 15.6 Å². The van der Waals surface area contributed by atoms with Crippen LogP contribution in [0.2, 0.25) is 0 Å². The van der Waals surface area contributed by atoms with Gasteiger partial charge in [0.15, 0.2) is 0 Å². The lowest BCUT2D eigenvalue weighted by Gasteiger charge is -2.06. The molecular weight excluding hydrogens is 208 g/mol. The summed E-state index contributed by atoms with van der Waals surface area (Å²) in [5, 5.41) is 23.1.